The first kappa shape index (κ1) is 17.6. The SMILES string of the molecule is C=C[C@H]1CN(C(=O)OC(C)(C)C)CCN1c1ncc([N+](=O)[O-])cn1. The third-order valence-corrected chi connectivity index (χ3v) is 3.43. The van der Waals surface area contributed by atoms with E-state index in [0.29, 0.717) is 25.6 Å². The van der Waals surface area contributed by atoms with Crippen molar-refractivity contribution in [2.75, 3.05) is 24.5 Å². The van der Waals surface area contributed by atoms with Gasteiger partial charge in [0.05, 0.1) is 11.0 Å². The van der Waals surface area contributed by atoms with Crippen LogP contribution < -0.4 is 4.90 Å². The van der Waals surface area contributed by atoms with Crippen LogP contribution in [-0.4, -0.2) is 57.2 Å². The van der Waals surface area contributed by atoms with E-state index in [1.807, 2.05) is 25.7 Å². The van der Waals surface area contributed by atoms with Crippen LogP contribution in [0, 0.1) is 10.1 Å². The summed E-state index contributed by atoms with van der Waals surface area (Å²) in [5.41, 5.74) is -0.722. The summed E-state index contributed by atoms with van der Waals surface area (Å²) in [6, 6.07) is -0.201. The smallest absolute Gasteiger partial charge is 0.410 e. The lowest BCUT2D eigenvalue weighted by molar-refractivity contribution is -0.385. The van der Waals surface area contributed by atoms with Crippen molar-refractivity contribution < 1.29 is 14.5 Å². The van der Waals surface area contributed by atoms with Gasteiger partial charge in [0.25, 0.3) is 0 Å². The number of amides is 1. The van der Waals surface area contributed by atoms with Crippen molar-refractivity contribution in [2.24, 2.45) is 0 Å². The first-order valence-electron chi connectivity index (χ1n) is 7.55. The summed E-state index contributed by atoms with van der Waals surface area (Å²) in [4.78, 5) is 33.9. The van der Waals surface area contributed by atoms with Crippen LogP contribution in [-0.2, 0) is 4.74 Å². The van der Waals surface area contributed by atoms with Gasteiger partial charge in [-0.15, -0.1) is 6.58 Å². The van der Waals surface area contributed by atoms with Crippen molar-refractivity contribution in [2.45, 2.75) is 32.4 Å². The molecule has 0 bridgehead atoms. The number of rotatable bonds is 3. The van der Waals surface area contributed by atoms with Gasteiger partial charge in [-0.25, -0.2) is 14.8 Å². The number of anilines is 1. The number of carbonyl (C=O) groups excluding carboxylic acids is 1. The summed E-state index contributed by atoms with van der Waals surface area (Å²) in [5, 5.41) is 10.7. The molecule has 0 aliphatic carbocycles. The zero-order chi connectivity index (χ0) is 17.9. The number of nitrogens with zero attached hydrogens (tertiary/aromatic N) is 5. The minimum atomic E-state index is -0.556. The third kappa shape index (κ3) is 4.18. The van der Waals surface area contributed by atoms with Crippen molar-refractivity contribution in [3.05, 3.63) is 35.2 Å². The third-order valence-electron chi connectivity index (χ3n) is 3.43. The molecule has 2 heterocycles. The summed E-state index contributed by atoms with van der Waals surface area (Å²) < 4.78 is 5.38. The van der Waals surface area contributed by atoms with Crippen LogP contribution in [0.3, 0.4) is 0 Å². The Morgan fingerprint density at radius 3 is 2.54 bits per heavy atom. The number of carbonyl (C=O) groups is 1. The van der Waals surface area contributed by atoms with Crippen LogP contribution in [0.25, 0.3) is 0 Å². The molecule has 1 aliphatic rings. The minimum absolute atomic E-state index is 0.165. The molecular weight excluding hydrogens is 314 g/mol. The molecule has 9 nitrogen and oxygen atoms in total. The van der Waals surface area contributed by atoms with Crippen LogP contribution >= 0.6 is 0 Å². The van der Waals surface area contributed by atoms with Crippen molar-refractivity contribution >= 4 is 17.7 Å². The topological polar surface area (TPSA) is 102 Å². The van der Waals surface area contributed by atoms with Crippen molar-refractivity contribution in [3.8, 4) is 0 Å². The molecule has 1 fully saturated rings. The Kier molecular flexibility index (Phi) is 5.01. The molecule has 1 aromatic rings. The molecular formula is C15H21N5O4. The highest BCUT2D eigenvalue weighted by molar-refractivity contribution is 5.68. The first-order chi connectivity index (χ1) is 11.2. The van der Waals surface area contributed by atoms with Gasteiger partial charge in [0, 0.05) is 19.6 Å². The molecule has 0 aromatic carbocycles. The highest BCUT2D eigenvalue weighted by Gasteiger charge is 2.31. The maximum absolute atomic E-state index is 12.2. The molecule has 0 saturated carbocycles. The number of ether oxygens (including phenoxy) is 1. The van der Waals surface area contributed by atoms with Crippen molar-refractivity contribution in [1.82, 2.24) is 14.9 Å². The van der Waals surface area contributed by atoms with E-state index in [-0.39, 0.29) is 17.8 Å². The average Bonchev–Trinajstić information content (AvgIpc) is 2.52. The first-order valence-corrected chi connectivity index (χ1v) is 7.55. The molecule has 130 valence electrons. The molecule has 1 amide bonds. The molecule has 0 radical (unpaired) electrons. The van der Waals surface area contributed by atoms with Crippen LogP contribution in [0.15, 0.2) is 25.0 Å². The number of aromatic nitrogens is 2. The number of piperazine rings is 1. The molecule has 0 N–H and O–H groups in total. The Morgan fingerprint density at radius 2 is 2.04 bits per heavy atom. The molecule has 9 heteroatoms. The largest absolute Gasteiger partial charge is 0.444 e. The van der Waals surface area contributed by atoms with Crippen LogP contribution in [0.2, 0.25) is 0 Å². The fourth-order valence-corrected chi connectivity index (χ4v) is 2.31. The summed E-state index contributed by atoms with van der Waals surface area (Å²) >= 11 is 0. The summed E-state index contributed by atoms with van der Waals surface area (Å²) in [5.74, 6) is 0.370. The quantitative estimate of drug-likeness (QED) is 0.473. The van der Waals surface area contributed by atoms with E-state index in [1.165, 1.54) is 12.4 Å². The van der Waals surface area contributed by atoms with Gasteiger partial charge in [0.15, 0.2) is 0 Å². The number of hydrogen-bond donors (Lipinski definition) is 0. The standard InChI is InChI=1S/C15H21N5O4/c1-5-11-10-18(14(21)24-15(2,3)4)6-7-19(11)13-16-8-12(9-17-13)20(22)23/h5,8-9,11H,1,6-7,10H2,2-4H3/t11-/m0/s1. The second-order valence-electron chi connectivity index (χ2n) is 6.42. The Balaban J connectivity index is 2.09. The van der Waals surface area contributed by atoms with Gasteiger partial charge in [-0.2, -0.15) is 0 Å². The van der Waals surface area contributed by atoms with E-state index in [0.717, 1.165) is 0 Å². The Bertz CT molecular complexity index is 626. The fraction of sp³-hybridized carbons (Fsp3) is 0.533. The van der Waals surface area contributed by atoms with Gasteiger partial charge in [-0.1, -0.05) is 6.08 Å². The molecule has 0 spiro atoms. The van der Waals surface area contributed by atoms with E-state index < -0.39 is 10.5 Å². The van der Waals surface area contributed by atoms with Crippen molar-refractivity contribution in [1.29, 1.82) is 0 Å². The second kappa shape index (κ2) is 6.81. The van der Waals surface area contributed by atoms with Crippen LogP contribution in [0.5, 0.6) is 0 Å². The van der Waals surface area contributed by atoms with E-state index in [2.05, 4.69) is 16.5 Å². The van der Waals surface area contributed by atoms with Crippen LogP contribution in [0.4, 0.5) is 16.4 Å². The van der Waals surface area contributed by atoms with Gasteiger partial charge in [0.2, 0.25) is 5.95 Å². The number of hydrogen-bond acceptors (Lipinski definition) is 7. The van der Waals surface area contributed by atoms with Crippen molar-refractivity contribution in [3.63, 3.8) is 0 Å². The predicted molar refractivity (Wildman–Crippen MR) is 87.8 cm³/mol. The maximum atomic E-state index is 12.2. The summed E-state index contributed by atoms with van der Waals surface area (Å²) in [6.45, 7) is 10.6. The molecule has 1 atom stereocenters. The summed E-state index contributed by atoms with van der Waals surface area (Å²) in [6.07, 6.45) is 3.66. The Hall–Kier alpha value is -2.71. The minimum Gasteiger partial charge on any atom is -0.444 e. The Morgan fingerprint density at radius 1 is 1.42 bits per heavy atom. The number of nitro groups is 1. The maximum Gasteiger partial charge on any atom is 0.410 e. The van der Waals surface area contributed by atoms with Gasteiger partial charge in [-0.05, 0) is 20.8 Å². The lowest BCUT2D eigenvalue weighted by Crippen LogP contribution is -2.55. The van der Waals surface area contributed by atoms with Gasteiger partial charge < -0.3 is 14.5 Å². The zero-order valence-electron chi connectivity index (χ0n) is 14.0. The van der Waals surface area contributed by atoms with Crippen LogP contribution in [0.1, 0.15) is 20.8 Å². The second-order valence-corrected chi connectivity index (χ2v) is 6.42. The molecule has 1 saturated heterocycles. The van der Waals surface area contributed by atoms with Gasteiger partial charge in [-0.3, -0.25) is 10.1 Å². The summed E-state index contributed by atoms with van der Waals surface area (Å²) in [7, 11) is 0. The van der Waals surface area contributed by atoms with Gasteiger partial charge >= 0.3 is 11.8 Å². The molecule has 2 rings (SSSR count). The lowest BCUT2D eigenvalue weighted by atomic mass is 10.1. The molecule has 24 heavy (non-hydrogen) atoms. The normalized spacial score (nSPS) is 18.2. The van der Waals surface area contributed by atoms with E-state index >= 15 is 0 Å². The predicted octanol–water partition coefficient (Wildman–Crippen LogP) is 2.00. The molecule has 0 unspecified atom stereocenters. The monoisotopic (exact) mass is 335 g/mol. The zero-order valence-corrected chi connectivity index (χ0v) is 14.0. The Labute approximate surface area is 140 Å². The lowest BCUT2D eigenvalue weighted by Gasteiger charge is -2.40. The van der Waals surface area contributed by atoms with E-state index in [9.17, 15) is 14.9 Å². The molecule has 1 aromatic heterocycles. The van der Waals surface area contributed by atoms with Gasteiger partial charge in [0.1, 0.15) is 18.0 Å². The highest BCUT2D eigenvalue weighted by Crippen LogP contribution is 2.20. The fourth-order valence-electron chi connectivity index (χ4n) is 2.31. The van der Waals surface area contributed by atoms with E-state index in [1.54, 1.807) is 11.0 Å². The highest BCUT2D eigenvalue weighted by atomic mass is 16.6. The average molecular weight is 335 g/mol. The van der Waals surface area contributed by atoms with E-state index in [4.69, 9.17) is 4.74 Å². The molecule has 1 aliphatic heterocycles.